The van der Waals surface area contributed by atoms with Crippen molar-refractivity contribution in [1.82, 2.24) is 14.8 Å². The van der Waals surface area contributed by atoms with Crippen LogP contribution in [0, 0.1) is 6.92 Å². The molecule has 0 fully saturated rings. The van der Waals surface area contributed by atoms with Gasteiger partial charge in [-0.1, -0.05) is 0 Å². The summed E-state index contributed by atoms with van der Waals surface area (Å²) in [6.45, 7) is 1.82. The summed E-state index contributed by atoms with van der Waals surface area (Å²) in [6, 6.07) is 3.27. The van der Waals surface area contributed by atoms with E-state index >= 15 is 0 Å². The van der Waals surface area contributed by atoms with E-state index in [-0.39, 0.29) is 5.91 Å². The minimum absolute atomic E-state index is 0.283. The molecule has 0 aromatic carbocycles. The number of carbonyl (C=O) groups is 1. The van der Waals surface area contributed by atoms with Gasteiger partial charge in [-0.3, -0.25) is 15.3 Å². The smallest absolute Gasteiger partial charge is 0.274 e. The fourth-order valence-electron chi connectivity index (χ4n) is 1.52. The molecule has 0 aliphatic heterocycles. The summed E-state index contributed by atoms with van der Waals surface area (Å²) in [5.41, 5.74) is 4.83. The Morgan fingerprint density at radius 1 is 1.44 bits per heavy atom. The summed E-state index contributed by atoms with van der Waals surface area (Å²) in [5.74, 6) is 4.94. The molecule has 0 radical (unpaired) electrons. The quantitative estimate of drug-likeness (QED) is 0.546. The number of aromatic nitrogens is 3. The Hall–Kier alpha value is -2.41. The highest BCUT2D eigenvalue weighted by molar-refractivity contribution is 6.03. The molecule has 2 rings (SSSR count). The number of nitrogen functional groups attached to an aromatic ring is 1. The van der Waals surface area contributed by atoms with Crippen LogP contribution in [0.3, 0.4) is 0 Å². The van der Waals surface area contributed by atoms with E-state index in [2.05, 4.69) is 20.8 Å². The van der Waals surface area contributed by atoms with E-state index in [1.807, 2.05) is 6.92 Å². The van der Waals surface area contributed by atoms with Gasteiger partial charge in [0.25, 0.3) is 5.91 Å². The lowest BCUT2D eigenvalue weighted by atomic mass is 10.3. The average molecular weight is 246 g/mol. The van der Waals surface area contributed by atoms with Gasteiger partial charge >= 0.3 is 0 Å². The SMILES string of the molecule is Cc1nn(C)cc1NC(=O)c1ccc(NN)cn1. The first-order valence-corrected chi connectivity index (χ1v) is 5.34. The molecule has 0 spiro atoms. The number of hydrogen-bond donors (Lipinski definition) is 3. The van der Waals surface area contributed by atoms with Crippen molar-refractivity contribution in [2.45, 2.75) is 6.92 Å². The van der Waals surface area contributed by atoms with Gasteiger partial charge in [0.15, 0.2) is 0 Å². The van der Waals surface area contributed by atoms with Gasteiger partial charge in [0, 0.05) is 13.2 Å². The minimum atomic E-state index is -0.283. The molecule has 2 aromatic heterocycles. The lowest BCUT2D eigenvalue weighted by Crippen LogP contribution is -2.14. The maximum atomic E-state index is 11.9. The summed E-state index contributed by atoms with van der Waals surface area (Å²) in [7, 11) is 1.79. The van der Waals surface area contributed by atoms with E-state index in [0.29, 0.717) is 17.1 Å². The zero-order valence-corrected chi connectivity index (χ0v) is 10.1. The molecule has 2 heterocycles. The van der Waals surface area contributed by atoms with Gasteiger partial charge in [-0.15, -0.1) is 0 Å². The molecular weight excluding hydrogens is 232 g/mol. The Bertz CT molecular complexity index is 559. The third-order valence-electron chi connectivity index (χ3n) is 2.42. The van der Waals surface area contributed by atoms with Crippen LogP contribution in [0.1, 0.15) is 16.2 Å². The highest BCUT2D eigenvalue weighted by Crippen LogP contribution is 2.13. The molecule has 1 amide bonds. The molecule has 0 aliphatic rings. The van der Waals surface area contributed by atoms with Crippen molar-refractivity contribution in [2.24, 2.45) is 12.9 Å². The Balaban J connectivity index is 2.14. The number of anilines is 2. The van der Waals surface area contributed by atoms with Gasteiger partial charge < -0.3 is 10.7 Å². The zero-order valence-electron chi connectivity index (χ0n) is 10.1. The zero-order chi connectivity index (χ0) is 13.1. The van der Waals surface area contributed by atoms with Crippen molar-refractivity contribution >= 4 is 17.3 Å². The second-order valence-corrected chi connectivity index (χ2v) is 3.83. The largest absolute Gasteiger partial charge is 0.323 e. The molecule has 0 saturated carbocycles. The van der Waals surface area contributed by atoms with Gasteiger partial charge in [0.2, 0.25) is 0 Å². The van der Waals surface area contributed by atoms with Crippen LogP contribution >= 0.6 is 0 Å². The molecule has 2 aromatic rings. The van der Waals surface area contributed by atoms with Crippen LogP contribution in [0.25, 0.3) is 0 Å². The van der Waals surface area contributed by atoms with Crippen LogP contribution in [0.15, 0.2) is 24.5 Å². The number of aryl methyl sites for hydroxylation is 2. The van der Waals surface area contributed by atoms with Crippen molar-refractivity contribution in [3.8, 4) is 0 Å². The van der Waals surface area contributed by atoms with Gasteiger partial charge in [-0.2, -0.15) is 5.10 Å². The molecule has 0 bridgehead atoms. The van der Waals surface area contributed by atoms with E-state index in [0.717, 1.165) is 5.69 Å². The van der Waals surface area contributed by atoms with Crippen LogP contribution in [0.4, 0.5) is 11.4 Å². The number of amides is 1. The van der Waals surface area contributed by atoms with Crippen molar-refractivity contribution in [1.29, 1.82) is 0 Å². The highest BCUT2D eigenvalue weighted by Gasteiger charge is 2.10. The van der Waals surface area contributed by atoms with E-state index in [9.17, 15) is 4.79 Å². The molecule has 94 valence electrons. The van der Waals surface area contributed by atoms with Crippen LogP contribution in [0.5, 0.6) is 0 Å². The Labute approximate surface area is 104 Å². The topological polar surface area (TPSA) is 97.9 Å². The summed E-state index contributed by atoms with van der Waals surface area (Å²) in [5, 5.41) is 6.89. The number of hydrogen-bond acceptors (Lipinski definition) is 5. The van der Waals surface area contributed by atoms with Gasteiger partial charge in [-0.05, 0) is 19.1 Å². The van der Waals surface area contributed by atoms with E-state index < -0.39 is 0 Å². The summed E-state index contributed by atoms with van der Waals surface area (Å²) in [4.78, 5) is 15.9. The molecule has 18 heavy (non-hydrogen) atoms. The Kier molecular flexibility index (Phi) is 3.24. The summed E-state index contributed by atoms with van der Waals surface area (Å²) < 4.78 is 1.64. The van der Waals surface area contributed by atoms with E-state index in [4.69, 9.17) is 5.84 Å². The lowest BCUT2D eigenvalue weighted by Gasteiger charge is -2.04. The van der Waals surface area contributed by atoms with Crippen molar-refractivity contribution in [2.75, 3.05) is 10.7 Å². The Morgan fingerprint density at radius 2 is 2.22 bits per heavy atom. The average Bonchev–Trinajstić information content (AvgIpc) is 2.68. The van der Waals surface area contributed by atoms with E-state index in [1.54, 1.807) is 30.1 Å². The minimum Gasteiger partial charge on any atom is -0.323 e. The first kappa shape index (κ1) is 12.1. The maximum absolute atomic E-state index is 11.9. The monoisotopic (exact) mass is 246 g/mol. The number of nitrogens with two attached hydrogens (primary N) is 1. The first-order chi connectivity index (χ1) is 8.60. The van der Waals surface area contributed by atoms with Crippen LogP contribution in [-0.4, -0.2) is 20.7 Å². The van der Waals surface area contributed by atoms with Gasteiger partial charge in [-0.25, -0.2) is 4.98 Å². The number of nitrogens with one attached hydrogen (secondary N) is 2. The van der Waals surface area contributed by atoms with Crippen molar-refractivity contribution in [3.63, 3.8) is 0 Å². The van der Waals surface area contributed by atoms with Gasteiger partial charge in [0.1, 0.15) is 5.69 Å². The fourth-order valence-corrected chi connectivity index (χ4v) is 1.52. The lowest BCUT2D eigenvalue weighted by molar-refractivity contribution is 0.102. The Morgan fingerprint density at radius 3 is 2.72 bits per heavy atom. The molecule has 7 nitrogen and oxygen atoms in total. The predicted molar refractivity (Wildman–Crippen MR) is 67.9 cm³/mol. The standard InChI is InChI=1S/C11H14N6O/c1-7-10(6-17(2)16-7)14-11(18)9-4-3-8(15-12)5-13-9/h3-6,15H,12H2,1-2H3,(H,14,18). The normalized spacial score (nSPS) is 10.2. The first-order valence-electron chi connectivity index (χ1n) is 5.34. The number of nitrogens with zero attached hydrogens (tertiary/aromatic N) is 3. The molecule has 0 aliphatic carbocycles. The summed E-state index contributed by atoms with van der Waals surface area (Å²) in [6.07, 6.45) is 3.23. The van der Waals surface area contributed by atoms with Crippen LogP contribution in [-0.2, 0) is 7.05 Å². The third-order valence-corrected chi connectivity index (χ3v) is 2.42. The number of rotatable bonds is 3. The van der Waals surface area contributed by atoms with Crippen LogP contribution < -0.4 is 16.6 Å². The second-order valence-electron chi connectivity index (χ2n) is 3.83. The van der Waals surface area contributed by atoms with Crippen molar-refractivity contribution in [3.05, 3.63) is 35.9 Å². The van der Waals surface area contributed by atoms with Crippen molar-refractivity contribution < 1.29 is 4.79 Å². The third kappa shape index (κ3) is 2.46. The molecular formula is C11H14N6O. The van der Waals surface area contributed by atoms with Crippen LogP contribution in [0.2, 0.25) is 0 Å². The molecule has 4 N–H and O–H groups in total. The number of hydrazine groups is 1. The number of carbonyl (C=O) groups excluding carboxylic acids is 1. The second kappa shape index (κ2) is 4.84. The van der Waals surface area contributed by atoms with E-state index in [1.165, 1.54) is 6.20 Å². The fraction of sp³-hybridized carbons (Fsp3) is 0.182. The highest BCUT2D eigenvalue weighted by atomic mass is 16.1. The maximum Gasteiger partial charge on any atom is 0.274 e. The molecule has 0 atom stereocenters. The molecule has 0 unspecified atom stereocenters. The molecule has 7 heteroatoms. The number of pyridine rings is 1. The summed E-state index contributed by atoms with van der Waals surface area (Å²) >= 11 is 0. The van der Waals surface area contributed by atoms with Gasteiger partial charge in [0.05, 0.1) is 23.3 Å². The molecule has 0 saturated heterocycles. The predicted octanol–water partition coefficient (Wildman–Crippen LogP) is 0.661.